The van der Waals surface area contributed by atoms with Gasteiger partial charge < -0.3 is 14.8 Å². The number of hydrogen-bond donors (Lipinski definition) is 1. The zero-order chi connectivity index (χ0) is 15.5. The number of hydrogen-bond acceptors (Lipinski definition) is 5. The van der Waals surface area contributed by atoms with Crippen molar-refractivity contribution in [2.24, 2.45) is 0 Å². The van der Waals surface area contributed by atoms with Crippen molar-refractivity contribution in [1.29, 1.82) is 0 Å². The lowest BCUT2D eigenvalue weighted by Crippen LogP contribution is -2.22. The van der Waals surface area contributed by atoms with E-state index in [0.29, 0.717) is 6.54 Å². The van der Waals surface area contributed by atoms with Crippen molar-refractivity contribution >= 4 is 11.8 Å². The smallest absolute Gasteiger partial charge is 0.227 e. The quantitative estimate of drug-likeness (QED) is 0.919. The lowest BCUT2D eigenvalue weighted by Gasteiger charge is -2.18. The predicted octanol–water partition coefficient (Wildman–Crippen LogP) is 2.52. The van der Waals surface area contributed by atoms with Gasteiger partial charge in [-0.15, -0.1) is 0 Å². The molecule has 3 rings (SSSR count). The molecular formula is C16H24N6. The summed E-state index contributed by atoms with van der Waals surface area (Å²) in [7, 11) is 0. The van der Waals surface area contributed by atoms with Crippen molar-refractivity contribution in [3.05, 3.63) is 29.5 Å². The molecule has 0 unspecified atom stereocenters. The minimum absolute atomic E-state index is 0.678. The maximum absolute atomic E-state index is 4.74. The molecule has 1 saturated heterocycles. The van der Waals surface area contributed by atoms with Crippen molar-refractivity contribution in [3.8, 4) is 0 Å². The molecular weight excluding hydrogens is 276 g/mol. The van der Waals surface area contributed by atoms with Crippen LogP contribution in [0.25, 0.3) is 0 Å². The predicted molar refractivity (Wildman–Crippen MR) is 88.2 cm³/mol. The standard InChI is InChI=1S/C16H24N6/c1-4-21-10-7-17-14(21)11-18-15-12(2)13(3)19-16(20-15)22-8-5-6-9-22/h7,10H,4-6,8-9,11H2,1-3H3,(H,18,19,20). The zero-order valence-electron chi connectivity index (χ0n) is 13.6. The Morgan fingerprint density at radius 1 is 1.18 bits per heavy atom. The molecule has 0 aliphatic carbocycles. The summed E-state index contributed by atoms with van der Waals surface area (Å²) in [6.07, 6.45) is 6.30. The van der Waals surface area contributed by atoms with Crippen LogP contribution in [0.15, 0.2) is 12.4 Å². The Morgan fingerprint density at radius 2 is 1.95 bits per heavy atom. The molecule has 0 radical (unpaired) electrons. The van der Waals surface area contributed by atoms with Gasteiger partial charge in [-0.3, -0.25) is 0 Å². The lowest BCUT2D eigenvalue weighted by atomic mass is 10.2. The van der Waals surface area contributed by atoms with Crippen LogP contribution in [0.5, 0.6) is 0 Å². The summed E-state index contributed by atoms with van der Waals surface area (Å²) in [5, 5.41) is 3.43. The highest BCUT2D eigenvalue weighted by atomic mass is 15.3. The van der Waals surface area contributed by atoms with E-state index in [9.17, 15) is 0 Å². The fourth-order valence-corrected chi connectivity index (χ4v) is 2.80. The van der Waals surface area contributed by atoms with E-state index >= 15 is 0 Å². The van der Waals surface area contributed by atoms with Crippen LogP contribution in [0, 0.1) is 13.8 Å². The summed E-state index contributed by atoms with van der Waals surface area (Å²) in [5.74, 6) is 2.79. The Balaban J connectivity index is 1.80. The molecule has 22 heavy (non-hydrogen) atoms. The number of imidazole rings is 1. The molecule has 1 aliphatic heterocycles. The van der Waals surface area contributed by atoms with Crippen LogP contribution in [0.1, 0.15) is 36.8 Å². The summed E-state index contributed by atoms with van der Waals surface area (Å²) in [6.45, 7) is 9.96. The number of aromatic nitrogens is 4. The maximum atomic E-state index is 4.74. The molecule has 2 aromatic heterocycles. The fraction of sp³-hybridized carbons (Fsp3) is 0.562. The fourth-order valence-electron chi connectivity index (χ4n) is 2.80. The highest BCUT2D eigenvalue weighted by Crippen LogP contribution is 2.22. The van der Waals surface area contributed by atoms with E-state index in [2.05, 4.69) is 45.5 Å². The van der Waals surface area contributed by atoms with Crippen LogP contribution in [0.4, 0.5) is 11.8 Å². The molecule has 0 amide bonds. The molecule has 2 aromatic rings. The average Bonchev–Trinajstić information content (AvgIpc) is 3.19. The first kappa shape index (κ1) is 14.8. The van der Waals surface area contributed by atoms with E-state index < -0.39 is 0 Å². The summed E-state index contributed by atoms with van der Waals surface area (Å²) in [4.78, 5) is 16.1. The second-order valence-corrected chi connectivity index (χ2v) is 5.76. The summed E-state index contributed by atoms with van der Waals surface area (Å²) < 4.78 is 2.14. The molecule has 6 nitrogen and oxygen atoms in total. The second kappa shape index (κ2) is 6.34. The first-order valence-electron chi connectivity index (χ1n) is 8.03. The number of aryl methyl sites for hydroxylation is 2. The first-order chi connectivity index (χ1) is 10.7. The summed E-state index contributed by atoms with van der Waals surface area (Å²) >= 11 is 0. The molecule has 6 heteroatoms. The number of anilines is 2. The van der Waals surface area contributed by atoms with E-state index in [0.717, 1.165) is 48.5 Å². The Labute approximate surface area is 131 Å². The van der Waals surface area contributed by atoms with Gasteiger partial charge in [0.15, 0.2) is 0 Å². The van der Waals surface area contributed by atoms with Gasteiger partial charge in [-0.25, -0.2) is 9.97 Å². The van der Waals surface area contributed by atoms with Crippen LogP contribution >= 0.6 is 0 Å². The molecule has 0 spiro atoms. The van der Waals surface area contributed by atoms with E-state index in [1.54, 1.807) is 0 Å². The van der Waals surface area contributed by atoms with Gasteiger partial charge in [-0.2, -0.15) is 4.98 Å². The van der Waals surface area contributed by atoms with Crippen LogP contribution in [0.2, 0.25) is 0 Å². The number of nitrogens with zero attached hydrogens (tertiary/aromatic N) is 5. The minimum Gasteiger partial charge on any atom is -0.362 e. The number of nitrogens with one attached hydrogen (secondary N) is 1. The normalized spacial score (nSPS) is 14.6. The average molecular weight is 300 g/mol. The molecule has 1 fully saturated rings. The monoisotopic (exact) mass is 300 g/mol. The van der Waals surface area contributed by atoms with Gasteiger partial charge in [-0.05, 0) is 33.6 Å². The molecule has 0 aromatic carbocycles. The van der Waals surface area contributed by atoms with Crippen LogP contribution in [-0.4, -0.2) is 32.6 Å². The Bertz CT molecular complexity index is 642. The van der Waals surface area contributed by atoms with Crippen molar-refractivity contribution in [1.82, 2.24) is 19.5 Å². The van der Waals surface area contributed by atoms with Gasteiger partial charge in [0.1, 0.15) is 11.6 Å². The largest absolute Gasteiger partial charge is 0.362 e. The lowest BCUT2D eigenvalue weighted by molar-refractivity contribution is 0.707. The molecule has 3 heterocycles. The van der Waals surface area contributed by atoms with E-state index in [-0.39, 0.29) is 0 Å². The van der Waals surface area contributed by atoms with Gasteiger partial charge in [0.05, 0.1) is 6.54 Å². The Morgan fingerprint density at radius 3 is 2.68 bits per heavy atom. The summed E-state index contributed by atoms with van der Waals surface area (Å²) in [5.41, 5.74) is 2.15. The first-order valence-corrected chi connectivity index (χ1v) is 8.03. The van der Waals surface area contributed by atoms with Gasteiger partial charge in [0.25, 0.3) is 0 Å². The minimum atomic E-state index is 0.678. The van der Waals surface area contributed by atoms with Gasteiger partial charge in [-0.1, -0.05) is 0 Å². The van der Waals surface area contributed by atoms with Crippen LogP contribution in [0.3, 0.4) is 0 Å². The Hall–Kier alpha value is -2.11. The third-order valence-corrected chi connectivity index (χ3v) is 4.32. The van der Waals surface area contributed by atoms with Crippen molar-refractivity contribution in [2.75, 3.05) is 23.3 Å². The van der Waals surface area contributed by atoms with Gasteiger partial charge >= 0.3 is 0 Å². The highest BCUT2D eigenvalue weighted by Gasteiger charge is 2.17. The molecule has 0 saturated carbocycles. The zero-order valence-corrected chi connectivity index (χ0v) is 13.6. The van der Waals surface area contributed by atoms with Crippen molar-refractivity contribution in [3.63, 3.8) is 0 Å². The van der Waals surface area contributed by atoms with Crippen molar-refractivity contribution < 1.29 is 0 Å². The van der Waals surface area contributed by atoms with E-state index in [1.165, 1.54) is 12.8 Å². The van der Waals surface area contributed by atoms with Crippen LogP contribution in [-0.2, 0) is 13.1 Å². The highest BCUT2D eigenvalue weighted by molar-refractivity contribution is 5.50. The number of rotatable bonds is 5. The second-order valence-electron chi connectivity index (χ2n) is 5.76. The third-order valence-electron chi connectivity index (χ3n) is 4.32. The van der Waals surface area contributed by atoms with Gasteiger partial charge in [0, 0.05) is 43.3 Å². The van der Waals surface area contributed by atoms with Crippen molar-refractivity contribution in [2.45, 2.75) is 46.7 Å². The maximum Gasteiger partial charge on any atom is 0.227 e. The van der Waals surface area contributed by atoms with E-state index in [4.69, 9.17) is 4.98 Å². The van der Waals surface area contributed by atoms with Gasteiger partial charge in [0.2, 0.25) is 5.95 Å². The topological polar surface area (TPSA) is 58.9 Å². The SMILES string of the molecule is CCn1ccnc1CNc1nc(N2CCCC2)nc(C)c1C. The molecule has 0 atom stereocenters. The third kappa shape index (κ3) is 2.91. The Kier molecular flexibility index (Phi) is 4.27. The molecule has 1 aliphatic rings. The molecule has 1 N–H and O–H groups in total. The molecule has 0 bridgehead atoms. The molecule has 118 valence electrons. The van der Waals surface area contributed by atoms with Crippen LogP contribution < -0.4 is 10.2 Å². The summed E-state index contributed by atoms with van der Waals surface area (Å²) in [6, 6.07) is 0. The van der Waals surface area contributed by atoms with E-state index in [1.807, 2.05) is 12.4 Å².